The van der Waals surface area contributed by atoms with Crippen LogP contribution < -0.4 is 0 Å². The third kappa shape index (κ3) is 6.78. The Kier molecular flexibility index (Phi) is 8.42. The molecule has 0 N–H and O–H groups in total. The first-order valence-electron chi connectivity index (χ1n) is 4.46. The van der Waals surface area contributed by atoms with E-state index < -0.39 is 0 Å². The summed E-state index contributed by atoms with van der Waals surface area (Å²) in [5.74, 6) is 0. The standard InChI is InChI=1S/C6H12Si6/c1-2-4-6-8-10-12-11-9-7-5-3-1/h1-6H2. The summed E-state index contributed by atoms with van der Waals surface area (Å²) in [5, 5.41) is 0. The van der Waals surface area contributed by atoms with Crippen molar-refractivity contribution in [1.29, 1.82) is 0 Å². The second-order valence-corrected chi connectivity index (χ2v) is 19.6. The van der Waals surface area contributed by atoms with Crippen LogP contribution in [0.15, 0.2) is 0 Å². The highest BCUT2D eigenvalue weighted by Gasteiger charge is 1.99. The third-order valence-corrected chi connectivity index (χ3v) is 24.0. The summed E-state index contributed by atoms with van der Waals surface area (Å²) in [6.45, 7) is 0. The summed E-state index contributed by atoms with van der Waals surface area (Å²) in [4.78, 5) is 0. The Bertz CT molecular complexity index is 55.0. The largest absolute Gasteiger partial charge is 0.0640 e. The summed E-state index contributed by atoms with van der Waals surface area (Å²) in [5.41, 5.74) is 0. The first-order chi connectivity index (χ1) is 6.00. The van der Waals surface area contributed by atoms with Crippen LogP contribution in [-0.2, 0) is 0 Å². The lowest BCUT2D eigenvalue weighted by atomic mass is 10.2. The molecule has 1 rings (SSSR count). The summed E-state index contributed by atoms with van der Waals surface area (Å²) in [6.07, 6.45) is 6.11. The van der Waals surface area contributed by atoms with E-state index in [9.17, 15) is 0 Å². The molecule has 0 aromatic rings. The maximum atomic E-state index is 1.56. The number of hydrogen-bond donors (Lipinski definition) is 0. The van der Waals surface area contributed by atoms with Gasteiger partial charge < -0.3 is 0 Å². The fourth-order valence-electron chi connectivity index (χ4n) is 1.06. The van der Waals surface area contributed by atoms with Gasteiger partial charge in [0.2, 0.25) is 0 Å². The van der Waals surface area contributed by atoms with Gasteiger partial charge in [-0.05, 0) is 0 Å². The van der Waals surface area contributed by atoms with Gasteiger partial charge in [-0.1, -0.05) is 37.8 Å². The second-order valence-electron chi connectivity index (χ2n) is 2.77. The Morgan fingerprint density at radius 1 is 0.500 bits per heavy atom. The molecule has 0 amide bonds. The van der Waals surface area contributed by atoms with Crippen molar-refractivity contribution in [2.75, 3.05) is 0 Å². The smallest absolute Gasteiger partial charge is 0.0180 e. The molecule has 12 heavy (non-hydrogen) atoms. The molecule has 0 aromatic heterocycles. The third-order valence-electron chi connectivity index (χ3n) is 1.72. The van der Waals surface area contributed by atoms with Crippen molar-refractivity contribution in [3.05, 3.63) is 0 Å². The Morgan fingerprint density at radius 3 is 1.50 bits per heavy atom. The fourth-order valence-corrected chi connectivity index (χ4v) is 28.4. The van der Waals surface area contributed by atoms with Gasteiger partial charge in [0.1, 0.15) is 0 Å². The van der Waals surface area contributed by atoms with E-state index in [0.29, 0.717) is 0 Å². The van der Waals surface area contributed by atoms with Gasteiger partial charge in [0.05, 0.1) is 0 Å². The monoisotopic (exact) mass is 252 g/mol. The molecule has 0 atom stereocenters. The Balaban J connectivity index is 2.00. The molecular formula is C6H12Si6. The van der Waals surface area contributed by atoms with Crippen molar-refractivity contribution in [1.82, 2.24) is 0 Å². The highest BCUT2D eigenvalue weighted by atomic mass is 29.9. The van der Waals surface area contributed by atoms with Crippen molar-refractivity contribution in [2.45, 2.75) is 37.8 Å². The van der Waals surface area contributed by atoms with Gasteiger partial charge in [-0.15, -0.1) is 0 Å². The predicted octanol–water partition coefficient (Wildman–Crippen LogP) is 0.197. The zero-order valence-corrected chi connectivity index (χ0v) is 13.2. The summed E-state index contributed by atoms with van der Waals surface area (Å²) >= 11 is 0. The zero-order chi connectivity index (χ0) is 8.49. The number of hydrogen-bond acceptors (Lipinski definition) is 0. The van der Waals surface area contributed by atoms with E-state index in [0.717, 1.165) is 0 Å². The molecular weight excluding hydrogens is 241 g/mol. The van der Waals surface area contributed by atoms with E-state index >= 15 is 0 Å². The van der Waals surface area contributed by atoms with E-state index in [-0.39, 0.29) is 0 Å². The van der Waals surface area contributed by atoms with Crippen molar-refractivity contribution in [3.63, 3.8) is 0 Å². The average molecular weight is 253 g/mol. The summed E-state index contributed by atoms with van der Waals surface area (Å²) < 4.78 is 0. The maximum absolute atomic E-state index is 1.56. The second kappa shape index (κ2) is 8.88. The van der Waals surface area contributed by atoms with Crippen LogP contribution in [0, 0.1) is 0 Å². The molecule has 6 heteroatoms. The van der Waals surface area contributed by atoms with Crippen LogP contribution >= 0.6 is 0 Å². The van der Waals surface area contributed by atoms with Crippen molar-refractivity contribution in [2.24, 2.45) is 0 Å². The van der Waals surface area contributed by atoms with Crippen LogP contribution in [0.3, 0.4) is 0 Å². The lowest BCUT2D eigenvalue weighted by Gasteiger charge is -2.03. The topological polar surface area (TPSA) is 0 Å². The lowest BCUT2D eigenvalue weighted by Crippen LogP contribution is -2.26. The van der Waals surface area contributed by atoms with Gasteiger partial charge in [-0.2, -0.15) is 0 Å². The van der Waals surface area contributed by atoms with E-state index in [1.807, 2.05) is 0 Å². The SMILES string of the molecule is C1CCC[Si][Si][Si][Si][Si][Si]CC1. The Labute approximate surface area is 89.9 Å². The maximum Gasteiger partial charge on any atom is 0.0180 e. The van der Waals surface area contributed by atoms with Gasteiger partial charge in [-0.3, -0.25) is 0 Å². The summed E-state index contributed by atoms with van der Waals surface area (Å²) in [7, 11) is 8.11. The molecule has 0 saturated carbocycles. The molecule has 1 heterocycles. The molecule has 1 aliphatic heterocycles. The van der Waals surface area contributed by atoms with Gasteiger partial charge in [0.15, 0.2) is 0 Å². The van der Waals surface area contributed by atoms with Crippen LogP contribution in [0.5, 0.6) is 0 Å². The normalized spacial score (nSPS) is 24.0. The fraction of sp³-hybridized carbons (Fsp3) is 1.00. The lowest BCUT2D eigenvalue weighted by molar-refractivity contribution is 0.700. The molecule has 0 bridgehead atoms. The minimum atomic E-state index is 1.33. The van der Waals surface area contributed by atoms with Crippen molar-refractivity contribution >= 4 is 52.3 Å². The van der Waals surface area contributed by atoms with Crippen LogP contribution in [0.25, 0.3) is 0 Å². The highest BCUT2D eigenvalue weighted by Crippen LogP contribution is 2.05. The molecule has 12 radical (unpaired) electrons. The molecule has 0 nitrogen and oxygen atoms in total. The predicted molar refractivity (Wildman–Crippen MR) is 62.6 cm³/mol. The van der Waals surface area contributed by atoms with Gasteiger partial charge in [-0.25, -0.2) is 0 Å². The molecule has 1 aliphatic rings. The average Bonchev–Trinajstić information content (AvgIpc) is 2.05. The first kappa shape index (κ1) is 11.4. The van der Waals surface area contributed by atoms with Gasteiger partial charge in [0.25, 0.3) is 0 Å². The minimum Gasteiger partial charge on any atom is -0.0640 e. The molecule has 0 spiro atoms. The van der Waals surface area contributed by atoms with Gasteiger partial charge in [0, 0.05) is 52.3 Å². The quantitative estimate of drug-likeness (QED) is 0.541. The minimum absolute atomic E-state index is 1.33. The van der Waals surface area contributed by atoms with Crippen LogP contribution in [0.2, 0.25) is 12.1 Å². The Hall–Kier alpha value is 1.30. The van der Waals surface area contributed by atoms with E-state index in [2.05, 4.69) is 0 Å². The zero-order valence-electron chi connectivity index (χ0n) is 7.24. The number of rotatable bonds is 0. The van der Waals surface area contributed by atoms with Crippen LogP contribution in [-0.4, -0.2) is 52.3 Å². The summed E-state index contributed by atoms with van der Waals surface area (Å²) in [6, 6.07) is 3.11. The van der Waals surface area contributed by atoms with E-state index in [4.69, 9.17) is 0 Å². The molecule has 0 aromatic carbocycles. The molecule has 1 fully saturated rings. The van der Waals surface area contributed by atoms with Crippen LogP contribution in [0.1, 0.15) is 25.7 Å². The highest BCUT2D eigenvalue weighted by molar-refractivity contribution is 7.59. The molecule has 1 saturated heterocycles. The van der Waals surface area contributed by atoms with Crippen molar-refractivity contribution in [3.8, 4) is 0 Å². The first-order valence-corrected chi connectivity index (χ1v) is 15.9. The molecule has 60 valence electrons. The molecule has 0 aliphatic carbocycles. The van der Waals surface area contributed by atoms with E-state index in [1.165, 1.54) is 78.0 Å². The molecule has 0 unspecified atom stereocenters. The Morgan fingerprint density at radius 2 is 1.00 bits per heavy atom. The van der Waals surface area contributed by atoms with Crippen LogP contribution in [0.4, 0.5) is 0 Å². The van der Waals surface area contributed by atoms with Gasteiger partial charge >= 0.3 is 0 Å². The van der Waals surface area contributed by atoms with Crippen molar-refractivity contribution < 1.29 is 0 Å². The van der Waals surface area contributed by atoms with E-state index in [1.54, 1.807) is 12.1 Å².